The number of nitrogens with one attached hydrogen (secondary N) is 2. The highest BCUT2D eigenvalue weighted by molar-refractivity contribution is 7.89. The molecule has 1 amide bonds. The quantitative estimate of drug-likeness (QED) is 0.825. The lowest BCUT2D eigenvalue weighted by molar-refractivity contribution is -0.122. The van der Waals surface area contributed by atoms with E-state index in [4.69, 9.17) is 11.6 Å². The molecule has 128 valence electrons. The summed E-state index contributed by atoms with van der Waals surface area (Å²) in [5.74, 6) is -0.402. The van der Waals surface area contributed by atoms with Crippen molar-refractivity contribution in [3.63, 3.8) is 0 Å². The fraction of sp³-hybridized carbons (Fsp3) is 0.235. The Morgan fingerprint density at radius 2 is 1.67 bits per heavy atom. The minimum atomic E-state index is -3.74. The molecule has 0 aromatic heterocycles. The van der Waals surface area contributed by atoms with Gasteiger partial charge in [-0.15, -0.1) is 0 Å². The zero-order valence-corrected chi connectivity index (χ0v) is 15.0. The minimum Gasteiger partial charge on any atom is -0.351 e. The van der Waals surface area contributed by atoms with E-state index in [9.17, 15) is 13.2 Å². The van der Waals surface area contributed by atoms with Crippen molar-refractivity contribution < 1.29 is 13.2 Å². The highest BCUT2D eigenvalue weighted by Crippen LogP contribution is 2.11. The summed E-state index contributed by atoms with van der Waals surface area (Å²) in [6.07, 6.45) is 0. The van der Waals surface area contributed by atoms with Crippen molar-refractivity contribution in [2.45, 2.75) is 31.3 Å². The summed E-state index contributed by atoms with van der Waals surface area (Å²) in [7, 11) is -3.74. The Morgan fingerprint density at radius 3 is 2.25 bits per heavy atom. The lowest BCUT2D eigenvalue weighted by Gasteiger charge is -2.14. The molecule has 2 rings (SSSR count). The zero-order chi connectivity index (χ0) is 17.7. The van der Waals surface area contributed by atoms with Gasteiger partial charge in [0.2, 0.25) is 15.9 Å². The summed E-state index contributed by atoms with van der Waals surface area (Å²) in [6.45, 7) is 3.67. The van der Waals surface area contributed by atoms with Gasteiger partial charge in [0, 0.05) is 11.6 Å². The van der Waals surface area contributed by atoms with Crippen LogP contribution in [0.2, 0.25) is 5.02 Å². The van der Waals surface area contributed by atoms with Crippen LogP contribution in [0.5, 0.6) is 0 Å². The summed E-state index contributed by atoms with van der Waals surface area (Å²) in [4.78, 5) is 12.2. The first-order valence-electron chi connectivity index (χ1n) is 7.39. The van der Waals surface area contributed by atoms with Crippen LogP contribution < -0.4 is 10.0 Å². The third-order valence-corrected chi connectivity index (χ3v) is 5.25. The lowest BCUT2D eigenvalue weighted by Crippen LogP contribution is -2.44. The molecule has 2 N–H and O–H groups in total. The van der Waals surface area contributed by atoms with E-state index >= 15 is 0 Å². The SMILES string of the molecule is Cc1ccc(S(=O)(=O)N[C@H](C)C(=O)NCc2ccc(Cl)cc2)cc1. The fourth-order valence-electron chi connectivity index (χ4n) is 2.02. The highest BCUT2D eigenvalue weighted by atomic mass is 35.5. The first-order valence-corrected chi connectivity index (χ1v) is 9.25. The molecule has 24 heavy (non-hydrogen) atoms. The van der Waals surface area contributed by atoms with E-state index in [1.807, 2.05) is 6.92 Å². The fourth-order valence-corrected chi connectivity index (χ4v) is 3.35. The molecular formula is C17H19ClN2O3S. The second kappa shape index (κ2) is 7.79. The number of amides is 1. The van der Waals surface area contributed by atoms with Crippen LogP contribution in [0.25, 0.3) is 0 Å². The summed E-state index contributed by atoms with van der Waals surface area (Å²) >= 11 is 5.80. The van der Waals surface area contributed by atoms with E-state index in [1.54, 1.807) is 36.4 Å². The van der Waals surface area contributed by atoms with Crippen LogP contribution in [0, 0.1) is 6.92 Å². The topological polar surface area (TPSA) is 75.3 Å². The maximum absolute atomic E-state index is 12.3. The van der Waals surface area contributed by atoms with Gasteiger partial charge in [-0.05, 0) is 43.7 Å². The molecule has 0 radical (unpaired) electrons. The molecule has 0 spiro atoms. The van der Waals surface area contributed by atoms with Gasteiger partial charge in [-0.3, -0.25) is 4.79 Å². The van der Waals surface area contributed by atoms with Crippen LogP contribution in [0.1, 0.15) is 18.1 Å². The third kappa shape index (κ3) is 5.06. The van der Waals surface area contributed by atoms with Gasteiger partial charge in [-0.2, -0.15) is 4.72 Å². The molecule has 2 aromatic rings. The molecule has 0 saturated carbocycles. The average Bonchev–Trinajstić information content (AvgIpc) is 2.54. The number of rotatable bonds is 6. The molecule has 0 bridgehead atoms. The van der Waals surface area contributed by atoms with Crippen molar-refractivity contribution in [1.29, 1.82) is 0 Å². The first kappa shape index (κ1) is 18.4. The van der Waals surface area contributed by atoms with Gasteiger partial charge in [-0.25, -0.2) is 8.42 Å². The van der Waals surface area contributed by atoms with E-state index in [2.05, 4.69) is 10.0 Å². The van der Waals surface area contributed by atoms with E-state index in [0.717, 1.165) is 11.1 Å². The number of halogens is 1. The maximum atomic E-state index is 12.3. The summed E-state index contributed by atoms with van der Waals surface area (Å²) in [5, 5.41) is 3.31. The van der Waals surface area contributed by atoms with Gasteiger partial charge < -0.3 is 5.32 Å². The predicted octanol–water partition coefficient (Wildman–Crippen LogP) is 2.63. The van der Waals surface area contributed by atoms with Crippen LogP contribution in [-0.2, 0) is 21.4 Å². The van der Waals surface area contributed by atoms with E-state index in [-0.39, 0.29) is 4.90 Å². The van der Waals surface area contributed by atoms with Crippen molar-refractivity contribution >= 4 is 27.5 Å². The third-order valence-electron chi connectivity index (χ3n) is 3.44. The molecule has 5 nitrogen and oxygen atoms in total. The maximum Gasteiger partial charge on any atom is 0.241 e. The number of hydrogen-bond donors (Lipinski definition) is 2. The van der Waals surface area contributed by atoms with Crippen molar-refractivity contribution in [2.24, 2.45) is 0 Å². The monoisotopic (exact) mass is 366 g/mol. The Bertz CT molecular complexity index is 803. The largest absolute Gasteiger partial charge is 0.351 e. The Balaban J connectivity index is 1.95. The van der Waals surface area contributed by atoms with Crippen LogP contribution >= 0.6 is 11.6 Å². The van der Waals surface area contributed by atoms with Crippen LogP contribution in [0.3, 0.4) is 0 Å². The molecule has 0 aliphatic heterocycles. The van der Waals surface area contributed by atoms with Gasteiger partial charge in [0.1, 0.15) is 0 Å². The Morgan fingerprint density at radius 1 is 1.08 bits per heavy atom. The normalized spacial score (nSPS) is 12.6. The van der Waals surface area contributed by atoms with Gasteiger partial charge in [0.05, 0.1) is 10.9 Å². The van der Waals surface area contributed by atoms with Crippen LogP contribution in [-0.4, -0.2) is 20.4 Å². The van der Waals surface area contributed by atoms with Crippen molar-refractivity contribution in [3.05, 3.63) is 64.7 Å². The highest BCUT2D eigenvalue weighted by Gasteiger charge is 2.21. The second-order valence-corrected chi connectivity index (χ2v) is 7.65. The molecule has 0 fully saturated rings. The summed E-state index contributed by atoms with van der Waals surface area (Å²) in [6, 6.07) is 12.6. The Labute approximate surface area is 147 Å². The smallest absolute Gasteiger partial charge is 0.241 e. The standard InChI is InChI=1S/C17H19ClN2O3S/c1-12-3-9-16(10-4-12)24(22,23)20-13(2)17(21)19-11-14-5-7-15(18)8-6-14/h3-10,13,20H,11H2,1-2H3,(H,19,21)/t13-/m1/s1. The molecule has 2 aromatic carbocycles. The zero-order valence-electron chi connectivity index (χ0n) is 13.4. The van der Waals surface area contributed by atoms with Gasteiger partial charge in [0.15, 0.2) is 0 Å². The minimum absolute atomic E-state index is 0.130. The number of sulfonamides is 1. The summed E-state index contributed by atoms with van der Waals surface area (Å²) < 4.78 is 26.9. The second-order valence-electron chi connectivity index (χ2n) is 5.50. The van der Waals surface area contributed by atoms with E-state index in [1.165, 1.54) is 19.1 Å². The molecule has 0 aliphatic carbocycles. The number of carbonyl (C=O) groups excluding carboxylic acids is 1. The molecule has 7 heteroatoms. The Hall–Kier alpha value is -1.89. The molecule has 0 aliphatic rings. The number of benzene rings is 2. The van der Waals surface area contributed by atoms with Crippen LogP contribution in [0.15, 0.2) is 53.4 Å². The van der Waals surface area contributed by atoms with Crippen LogP contribution in [0.4, 0.5) is 0 Å². The van der Waals surface area contributed by atoms with Crippen molar-refractivity contribution in [2.75, 3.05) is 0 Å². The molecule has 0 saturated heterocycles. The van der Waals surface area contributed by atoms with E-state index < -0.39 is 22.0 Å². The Kier molecular flexibility index (Phi) is 5.99. The molecule has 0 unspecified atom stereocenters. The van der Waals surface area contributed by atoms with Crippen molar-refractivity contribution in [3.8, 4) is 0 Å². The summed E-state index contributed by atoms with van der Waals surface area (Å²) in [5.41, 5.74) is 1.84. The first-order chi connectivity index (χ1) is 11.3. The number of aryl methyl sites for hydroxylation is 1. The van der Waals surface area contributed by atoms with Gasteiger partial charge in [0.25, 0.3) is 0 Å². The molecule has 1 atom stereocenters. The molecular weight excluding hydrogens is 348 g/mol. The predicted molar refractivity (Wildman–Crippen MR) is 94.3 cm³/mol. The molecule has 0 heterocycles. The lowest BCUT2D eigenvalue weighted by atomic mass is 10.2. The average molecular weight is 367 g/mol. The van der Waals surface area contributed by atoms with E-state index in [0.29, 0.717) is 11.6 Å². The number of carbonyl (C=O) groups is 1. The number of hydrogen-bond acceptors (Lipinski definition) is 3. The van der Waals surface area contributed by atoms with Gasteiger partial charge in [-0.1, -0.05) is 41.4 Å². The van der Waals surface area contributed by atoms with Crippen molar-refractivity contribution in [1.82, 2.24) is 10.0 Å². The van der Waals surface area contributed by atoms with Gasteiger partial charge >= 0.3 is 0 Å².